The van der Waals surface area contributed by atoms with E-state index in [1.54, 1.807) is 16.8 Å². The number of halogens is 1. The zero-order valence-corrected chi connectivity index (χ0v) is 20.4. The number of nitrogens with zero attached hydrogens (tertiary/aromatic N) is 3. The Balaban J connectivity index is 1.45. The molecule has 0 saturated carbocycles. The molecule has 0 unspecified atom stereocenters. The number of aromatic nitrogens is 2. The Labute approximate surface area is 199 Å². The molecule has 2 aromatic carbocycles. The van der Waals surface area contributed by atoms with Crippen LogP contribution in [-0.4, -0.2) is 41.5 Å². The van der Waals surface area contributed by atoms with Crippen molar-refractivity contribution in [3.05, 3.63) is 70.4 Å². The second-order valence-electron chi connectivity index (χ2n) is 8.55. The molecule has 1 aromatic heterocycles. The Kier molecular flexibility index (Phi) is 6.61. The second kappa shape index (κ2) is 9.29. The molecule has 0 atom stereocenters. The highest BCUT2D eigenvalue weighted by atomic mass is 35.5. The van der Waals surface area contributed by atoms with Crippen LogP contribution < -0.4 is 5.32 Å². The minimum Gasteiger partial charge on any atom is -0.310 e. The van der Waals surface area contributed by atoms with Crippen LogP contribution in [0.15, 0.2) is 53.4 Å². The summed E-state index contributed by atoms with van der Waals surface area (Å²) in [6.45, 7) is 6.51. The number of hydrogen-bond donors (Lipinski definition) is 1. The van der Waals surface area contributed by atoms with Gasteiger partial charge >= 0.3 is 0 Å². The van der Waals surface area contributed by atoms with Gasteiger partial charge in [-0.15, -0.1) is 0 Å². The minimum atomic E-state index is -3.61. The number of sulfonamides is 1. The molecule has 1 fully saturated rings. The summed E-state index contributed by atoms with van der Waals surface area (Å²) in [6.07, 6.45) is 0.907. The quantitative estimate of drug-likeness (QED) is 0.575. The first kappa shape index (κ1) is 23.5. The molecule has 1 N–H and O–H groups in total. The van der Waals surface area contributed by atoms with Crippen LogP contribution in [0, 0.1) is 26.7 Å². The molecule has 0 spiro atoms. The maximum Gasteiger partial charge on any atom is 0.243 e. The number of rotatable bonds is 5. The van der Waals surface area contributed by atoms with Crippen molar-refractivity contribution in [1.82, 2.24) is 14.1 Å². The van der Waals surface area contributed by atoms with Crippen LogP contribution in [-0.2, 0) is 14.8 Å². The van der Waals surface area contributed by atoms with Crippen LogP contribution in [0.3, 0.4) is 0 Å². The van der Waals surface area contributed by atoms with E-state index in [-0.39, 0.29) is 16.7 Å². The summed E-state index contributed by atoms with van der Waals surface area (Å²) in [6, 6.07) is 14.1. The van der Waals surface area contributed by atoms with Crippen LogP contribution in [0.2, 0.25) is 5.02 Å². The van der Waals surface area contributed by atoms with Gasteiger partial charge < -0.3 is 5.32 Å². The first-order chi connectivity index (χ1) is 15.6. The van der Waals surface area contributed by atoms with Crippen molar-refractivity contribution < 1.29 is 13.2 Å². The largest absolute Gasteiger partial charge is 0.310 e. The van der Waals surface area contributed by atoms with Gasteiger partial charge in [0, 0.05) is 30.1 Å². The summed E-state index contributed by atoms with van der Waals surface area (Å²) in [7, 11) is -3.61. The molecular formula is C24H27ClN4O3S. The molecule has 1 saturated heterocycles. The molecule has 1 aliphatic heterocycles. The lowest BCUT2D eigenvalue weighted by Crippen LogP contribution is -2.41. The number of carbonyl (C=O) groups excluding carboxylic acids is 1. The molecule has 1 amide bonds. The van der Waals surface area contributed by atoms with Crippen molar-refractivity contribution in [3.8, 4) is 5.69 Å². The Bertz CT molecular complexity index is 1260. The van der Waals surface area contributed by atoms with Crippen molar-refractivity contribution >= 4 is 33.3 Å². The van der Waals surface area contributed by atoms with Gasteiger partial charge in [-0.1, -0.05) is 17.7 Å². The Hall–Kier alpha value is -2.68. The van der Waals surface area contributed by atoms with E-state index >= 15 is 0 Å². The van der Waals surface area contributed by atoms with Crippen molar-refractivity contribution in [3.63, 3.8) is 0 Å². The molecule has 0 radical (unpaired) electrons. The fourth-order valence-corrected chi connectivity index (χ4v) is 5.80. The average molecular weight is 487 g/mol. The third kappa shape index (κ3) is 5.13. The van der Waals surface area contributed by atoms with Crippen LogP contribution in [0.5, 0.6) is 0 Å². The predicted molar refractivity (Wildman–Crippen MR) is 129 cm³/mol. The highest BCUT2D eigenvalue weighted by Crippen LogP contribution is 2.26. The molecule has 1 aliphatic rings. The lowest BCUT2D eigenvalue weighted by Gasteiger charge is -2.30. The van der Waals surface area contributed by atoms with Gasteiger partial charge in [0.1, 0.15) is 5.82 Å². The number of piperidine rings is 1. The number of carbonyl (C=O) groups is 1. The number of nitrogens with one attached hydrogen (secondary N) is 1. The van der Waals surface area contributed by atoms with Crippen molar-refractivity contribution in [2.75, 3.05) is 18.4 Å². The number of hydrogen-bond acceptors (Lipinski definition) is 4. The zero-order chi connectivity index (χ0) is 23.8. The summed E-state index contributed by atoms with van der Waals surface area (Å²) in [5.41, 5.74) is 3.92. The van der Waals surface area contributed by atoms with Crippen LogP contribution in [0.25, 0.3) is 5.69 Å². The molecule has 7 nitrogen and oxygen atoms in total. The van der Waals surface area contributed by atoms with Gasteiger partial charge in [0.25, 0.3) is 0 Å². The number of amides is 1. The first-order valence-corrected chi connectivity index (χ1v) is 12.7. The van der Waals surface area contributed by atoms with Crippen LogP contribution in [0.4, 0.5) is 5.82 Å². The van der Waals surface area contributed by atoms with E-state index in [0.717, 1.165) is 22.5 Å². The highest BCUT2D eigenvalue weighted by Gasteiger charge is 2.32. The average Bonchev–Trinajstić information content (AvgIpc) is 3.13. The minimum absolute atomic E-state index is 0.121. The summed E-state index contributed by atoms with van der Waals surface area (Å²) in [4.78, 5) is 13.2. The van der Waals surface area contributed by atoms with E-state index < -0.39 is 10.0 Å². The Morgan fingerprint density at radius 3 is 2.21 bits per heavy atom. The standard InChI is InChI=1S/C24H27ClN4O3S/c1-16-12-17(2)14-21(13-16)29-23(15-18(3)27-29)26-24(30)19-8-10-28(11-9-19)33(31,32)22-6-4-20(25)5-7-22/h4-7,12-15,19H,8-11H2,1-3H3,(H,26,30). The normalized spacial score (nSPS) is 15.5. The van der Waals surface area contributed by atoms with Crippen molar-refractivity contribution in [2.24, 2.45) is 5.92 Å². The molecule has 4 rings (SSSR count). The maximum absolute atomic E-state index is 13.0. The summed E-state index contributed by atoms with van der Waals surface area (Å²) >= 11 is 5.88. The van der Waals surface area contributed by atoms with E-state index in [4.69, 9.17) is 11.6 Å². The van der Waals surface area contributed by atoms with Gasteiger partial charge in [0.15, 0.2) is 0 Å². The molecule has 174 valence electrons. The lowest BCUT2D eigenvalue weighted by molar-refractivity contribution is -0.120. The molecule has 2 heterocycles. The molecule has 3 aromatic rings. The molecule has 33 heavy (non-hydrogen) atoms. The van der Waals surface area contributed by atoms with Gasteiger partial charge in [-0.05, 0) is 81.1 Å². The summed E-state index contributed by atoms with van der Waals surface area (Å²) in [5.74, 6) is 0.215. The SMILES string of the molecule is Cc1cc(C)cc(-n2nc(C)cc2NC(=O)C2CCN(S(=O)(=O)c3ccc(Cl)cc3)CC2)c1. The summed E-state index contributed by atoms with van der Waals surface area (Å²) in [5, 5.41) is 8.05. The Morgan fingerprint density at radius 1 is 1.00 bits per heavy atom. The van der Waals surface area contributed by atoms with Gasteiger partial charge in [0.05, 0.1) is 16.3 Å². The number of anilines is 1. The molecule has 0 aliphatic carbocycles. The third-order valence-electron chi connectivity index (χ3n) is 5.81. The second-order valence-corrected chi connectivity index (χ2v) is 10.9. The molecule has 9 heteroatoms. The highest BCUT2D eigenvalue weighted by molar-refractivity contribution is 7.89. The summed E-state index contributed by atoms with van der Waals surface area (Å²) < 4.78 is 29.0. The molecular weight excluding hydrogens is 460 g/mol. The lowest BCUT2D eigenvalue weighted by atomic mass is 9.97. The van der Waals surface area contributed by atoms with E-state index in [0.29, 0.717) is 36.8 Å². The van der Waals surface area contributed by atoms with E-state index in [1.165, 1.54) is 16.4 Å². The van der Waals surface area contributed by atoms with Gasteiger partial charge in [0.2, 0.25) is 15.9 Å². The van der Waals surface area contributed by atoms with Gasteiger partial charge in [-0.2, -0.15) is 9.40 Å². The van der Waals surface area contributed by atoms with Crippen molar-refractivity contribution in [1.29, 1.82) is 0 Å². The maximum atomic E-state index is 13.0. The fourth-order valence-electron chi connectivity index (χ4n) is 4.20. The van der Waals surface area contributed by atoms with Crippen LogP contribution in [0.1, 0.15) is 29.7 Å². The fraction of sp³-hybridized carbons (Fsp3) is 0.333. The van der Waals surface area contributed by atoms with Crippen LogP contribution >= 0.6 is 11.6 Å². The van der Waals surface area contributed by atoms with Crippen molar-refractivity contribution in [2.45, 2.75) is 38.5 Å². The molecule has 0 bridgehead atoms. The van der Waals surface area contributed by atoms with E-state index in [2.05, 4.69) is 16.5 Å². The third-order valence-corrected chi connectivity index (χ3v) is 7.97. The topological polar surface area (TPSA) is 84.3 Å². The monoisotopic (exact) mass is 486 g/mol. The van der Waals surface area contributed by atoms with Gasteiger partial charge in [-0.3, -0.25) is 4.79 Å². The van der Waals surface area contributed by atoms with E-state index in [9.17, 15) is 13.2 Å². The van der Waals surface area contributed by atoms with Gasteiger partial charge in [-0.25, -0.2) is 13.1 Å². The Morgan fingerprint density at radius 2 is 1.61 bits per heavy atom. The zero-order valence-electron chi connectivity index (χ0n) is 18.9. The first-order valence-electron chi connectivity index (χ1n) is 10.9. The number of aryl methyl sites for hydroxylation is 3. The smallest absolute Gasteiger partial charge is 0.243 e. The predicted octanol–water partition coefficient (Wildman–Crippen LogP) is 4.49. The van der Waals surface area contributed by atoms with E-state index in [1.807, 2.05) is 39.0 Å². The number of benzene rings is 2.